The van der Waals surface area contributed by atoms with Crippen molar-refractivity contribution >= 4 is 12.2 Å². The van der Waals surface area contributed by atoms with Crippen molar-refractivity contribution in [1.82, 2.24) is 5.32 Å². The van der Waals surface area contributed by atoms with E-state index in [0.29, 0.717) is 25.3 Å². The molecule has 0 unspecified atom stereocenters. The van der Waals surface area contributed by atoms with Crippen LogP contribution in [0.25, 0.3) is 0 Å². The maximum Gasteiger partial charge on any atom is 0.237 e. The van der Waals surface area contributed by atoms with E-state index in [1.54, 1.807) is 0 Å². The molecule has 0 bridgehead atoms. The van der Waals surface area contributed by atoms with E-state index in [1.165, 1.54) is 0 Å². The normalized spacial score (nSPS) is 14.4. The minimum absolute atomic E-state index is 0.281. The number of amides is 1. The molecule has 0 rings (SSSR count). The van der Waals surface area contributed by atoms with Crippen molar-refractivity contribution in [3.63, 3.8) is 0 Å². The van der Waals surface area contributed by atoms with Crippen LogP contribution in [0.5, 0.6) is 0 Å². The van der Waals surface area contributed by atoms with Gasteiger partial charge in [0.2, 0.25) is 12.2 Å². The maximum absolute atomic E-state index is 11.6. The first-order chi connectivity index (χ1) is 8.01. The van der Waals surface area contributed by atoms with E-state index < -0.39 is 12.1 Å². The fourth-order valence-electron chi connectivity index (χ4n) is 1.53. The number of hydrogen-bond donors (Lipinski definition) is 3. The van der Waals surface area contributed by atoms with Gasteiger partial charge in [0.05, 0.1) is 12.1 Å². The maximum atomic E-state index is 11.6. The van der Waals surface area contributed by atoms with E-state index in [4.69, 9.17) is 11.5 Å². The Labute approximate surface area is 103 Å². The smallest absolute Gasteiger partial charge is 0.237 e. The topological polar surface area (TPSA) is 98.2 Å². The molecule has 0 heterocycles. The van der Waals surface area contributed by atoms with Crippen molar-refractivity contribution in [2.75, 3.05) is 6.54 Å². The summed E-state index contributed by atoms with van der Waals surface area (Å²) in [5.41, 5.74) is 11.1. The van der Waals surface area contributed by atoms with Crippen LogP contribution in [0.15, 0.2) is 0 Å². The van der Waals surface area contributed by atoms with Gasteiger partial charge in [0.1, 0.15) is 0 Å². The van der Waals surface area contributed by atoms with Crippen LogP contribution in [0.2, 0.25) is 0 Å². The lowest BCUT2D eigenvalue weighted by atomic mass is 10.0. The molecule has 5 heteroatoms. The van der Waals surface area contributed by atoms with Gasteiger partial charge in [0.25, 0.3) is 0 Å². The predicted octanol–water partition coefficient (Wildman–Crippen LogP) is 0.0833. The quantitative estimate of drug-likeness (QED) is 0.499. The van der Waals surface area contributed by atoms with Crippen molar-refractivity contribution in [2.24, 2.45) is 17.4 Å². The summed E-state index contributed by atoms with van der Waals surface area (Å²) in [6.07, 6.45) is 4.69. The van der Waals surface area contributed by atoms with Crippen molar-refractivity contribution < 1.29 is 9.59 Å². The number of carbonyl (C=O) groups is 1. The zero-order valence-corrected chi connectivity index (χ0v) is 10.7. The average molecular weight is 242 g/mol. The second-order valence-corrected chi connectivity index (χ2v) is 4.70. The predicted molar refractivity (Wildman–Crippen MR) is 68.0 cm³/mol. The molecule has 0 saturated heterocycles. The largest absolute Gasteiger partial charge is 0.344 e. The minimum Gasteiger partial charge on any atom is -0.344 e. The highest BCUT2D eigenvalue weighted by Crippen LogP contribution is 2.04. The van der Waals surface area contributed by atoms with Crippen LogP contribution in [-0.4, -0.2) is 30.8 Å². The first-order valence-corrected chi connectivity index (χ1v) is 6.15. The van der Waals surface area contributed by atoms with Gasteiger partial charge in [-0.25, -0.2) is 0 Å². The molecule has 0 aliphatic rings. The minimum atomic E-state index is -0.565. The Morgan fingerprint density at radius 2 is 2.00 bits per heavy atom. The number of nitrogens with one attached hydrogen (secondary N) is 1. The van der Waals surface area contributed by atoms with Gasteiger partial charge in [0.15, 0.2) is 0 Å². The fourth-order valence-corrected chi connectivity index (χ4v) is 1.53. The van der Waals surface area contributed by atoms with E-state index in [9.17, 15) is 9.59 Å². The third kappa shape index (κ3) is 7.88. The number of nitrogens with two attached hydrogens (primary N) is 2. The lowest BCUT2D eigenvalue weighted by molar-refractivity contribution is -0.122. The van der Waals surface area contributed by atoms with E-state index in [2.05, 4.69) is 5.32 Å². The summed E-state index contributed by atoms with van der Waals surface area (Å²) in [7, 11) is 0. The SMILES string of the molecule is CC(C)C[C@@H]([C]=O)NC(=O)[C@@H](N)CCCCN. The fraction of sp³-hybridized carbons (Fsp3) is 0.833. The van der Waals surface area contributed by atoms with Gasteiger partial charge in [-0.3, -0.25) is 9.59 Å². The second kappa shape index (κ2) is 9.13. The average Bonchev–Trinajstić information content (AvgIpc) is 2.27. The summed E-state index contributed by atoms with van der Waals surface area (Å²) in [6, 6.07) is -1.12. The van der Waals surface area contributed by atoms with Crippen LogP contribution in [0.1, 0.15) is 39.5 Å². The summed E-state index contributed by atoms with van der Waals surface area (Å²) in [4.78, 5) is 22.3. The van der Waals surface area contributed by atoms with Gasteiger partial charge in [-0.2, -0.15) is 0 Å². The van der Waals surface area contributed by atoms with Crippen molar-refractivity contribution in [3.8, 4) is 0 Å². The highest BCUT2D eigenvalue weighted by molar-refractivity contribution is 5.84. The summed E-state index contributed by atoms with van der Waals surface area (Å²) >= 11 is 0. The molecular weight excluding hydrogens is 218 g/mol. The van der Waals surface area contributed by atoms with Gasteiger partial charge >= 0.3 is 0 Å². The first-order valence-electron chi connectivity index (χ1n) is 6.15. The van der Waals surface area contributed by atoms with Crippen LogP contribution in [0.4, 0.5) is 0 Å². The molecule has 0 aromatic heterocycles. The van der Waals surface area contributed by atoms with Crippen LogP contribution >= 0.6 is 0 Å². The molecule has 99 valence electrons. The zero-order valence-electron chi connectivity index (χ0n) is 10.7. The van der Waals surface area contributed by atoms with Gasteiger partial charge in [0, 0.05) is 0 Å². The molecule has 1 amide bonds. The molecular formula is C12H24N3O2. The Bertz CT molecular complexity index is 232. The van der Waals surface area contributed by atoms with E-state index in [0.717, 1.165) is 12.8 Å². The molecule has 0 aliphatic carbocycles. The molecule has 0 aromatic carbocycles. The zero-order chi connectivity index (χ0) is 13.3. The third-order valence-corrected chi connectivity index (χ3v) is 2.47. The van der Waals surface area contributed by atoms with Crippen molar-refractivity contribution in [1.29, 1.82) is 0 Å². The molecule has 0 fully saturated rings. The Kier molecular flexibility index (Phi) is 8.62. The van der Waals surface area contributed by atoms with Crippen LogP contribution in [-0.2, 0) is 9.59 Å². The summed E-state index contributed by atoms with van der Waals surface area (Å²) in [5, 5.41) is 2.61. The van der Waals surface area contributed by atoms with Crippen LogP contribution in [0.3, 0.4) is 0 Å². The molecule has 0 spiro atoms. The monoisotopic (exact) mass is 242 g/mol. The molecule has 2 atom stereocenters. The highest BCUT2D eigenvalue weighted by atomic mass is 16.2. The van der Waals surface area contributed by atoms with Gasteiger partial charge in [-0.05, 0) is 31.7 Å². The Hall–Kier alpha value is -0.940. The lowest BCUT2D eigenvalue weighted by Gasteiger charge is -2.17. The summed E-state index contributed by atoms with van der Waals surface area (Å²) in [6.45, 7) is 4.57. The van der Waals surface area contributed by atoms with E-state index in [1.807, 2.05) is 20.1 Å². The number of carbonyl (C=O) groups excluding carboxylic acids is 2. The molecule has 1 radical (unpaired) electrons. The standard InChI is InChI=1S/C12H24N3O2/c1-9(2)7-10(8-16)15-12(17)11(14)5-3-4-6-13/h9-11H,3-7,13-14H2,1-2H3,(H,15,17)/t10-,11-/m0/s1. The summed E-state index contributed by atoms with van der Waals surface area (Å²) in [5.74, 6) is 0.0474. The number of hydrogen-bond acceptors (Lipinski definition) is 4. The Morgan fingerprint density at radius 1 is 1.35 bits per heavy atom. The Morgan fingerprint density at radius 3 is 2.47 bits per heavy atom. The number of unbranched alkanes of at least 4 members (excludes halogenated alkanes) is 1. The Balaban J connectivity index is 3.99. The molecule has 0 aromatic rings. The van der Waals surface area contributed by atoms with Gasteiger partial charge < -0.3 is 16.8 Å². The second-order valence-electron chi connectivity index (χ2n) is 4.70. The molecule has 0 saturated carbocycles. The van der Waals surface area contributed by atoms with E-state index >= 15 is 0 Å². The van der Waals surface area contributed by atoms with E-state index in [-0.39, 0.29) is 5.91 Å². The highest BCUT2D eigenvalue weighted by Gasteiger charge is 2.18. The lowest BCUT2D eigenvalue weighted by Crippen LogP contribution is -2.46. The van der Waals surface area contributed by atoms with Gasteiger partial charge in [-0.1, -0.05) is 20.3 Å². The van der Waals surface area contributed by atoms with Crippen LogP contribution < -0.4 is 16.8 Å². The van der Waals surface area contributed by atoms with Crippen molar-refractivity contribution in [3.05, 3.63) is 0 Å². The van der Waals surface area contributed by atoms with Crippen LogP contribution in [0, 0.1) is 5.92 Å². The third-order valence-electron chi connectivity index (χ3n) is 2.47. The molecule has 17 heavy (non-hydrogen) atoms. The summed E-state index contributed by atoms with van der Waals surface area (Å²) < 4.78 is 0. The van der Waals surface area contributed by atoms with Gasteiger partial charge in [-0.15, -0.1) is 0 Å². The first kappa shape index (κ1) is 16.1. The number of rotatable bonds is 9. The molecule has 0 aliphatic heterocycles. The molecule has 5 N–H and O–H groups in total. The molecule has 5 nitrogen and oxygen atoms in total. The van der Waals surface area contributed by atoms with Crippen molar-refractivity contribution in [2.45, 2.75) is 51.6 Å².